The number of piperidine rings is 1. The molecule has 3 heteroatoms. The Hall–Kier alpha value is -2.10. The van der Waals surface area contributed by atoms with E-state index in [4.69, 9.17) is 4.42 Å². The van der Waals surface area contributed by atoms with Crippen LogP contribution in [0.15, 0.2) is 65.1 Å². The maximum Gasteiger partial charge on any atom is 0.134 e. The molecule has 2 aromatic carbocycles. The van der Waals surface area contributed by atoms with Crippen molar-refractivity contribution in [2.45, 2.75) is 38.4 Å². The van der Waals surface area contributed by atoms with Crippen LogP contribution < -0.4 is 5.32 Å². The van der Waals surface area contributed by atoms with Crippen LogP contribution in [0.3, 0.4) is 0 Å². The molecule has 1 aliphatic heterocycles. The third-order valence-electron chi connectivity index (χ3n) is 5.19. The highest BCUT2D eigenvalue weighted by molar-refractivity contribution is 5.77. The van der Waals surface area contributed by atoms with Gasteiger partial charge in [-0.25, -0.2) is 0 Å². The third kappa shape index (κ3) is 3.94. The van der Waals surface area contributed by atoms with Crippen LogP contribution in [-0.2, 0) is 6.54 Å². The Bertz CT molecular complexity index is 770. The molecule has 1 N–H and O–H groups in total. The first-order chi connectivity index (χ1) is 12.3. The molecule has 0 aliphatic carbocycles. The molecule has 1 aliphatic rings. The maximum absolute atomic E-state index is 6.00. The number of furan rings is 1. The predicted octanol–water partition coefficient (Wildman–Crippen LogP) is 4.75. The fraction of sp³-hybridized carbons (Fsp3) is 0.364. The van der Waals surface area contributed by atoms with Crippen LogP contribution >= 0.6 is 0 Å². The molecule has 1 atom stereocenters. The fourth-order valence-electron chi connectivity index (χ4n) is 3.75. The van der Waals surface area contributed by atoms with Gasteiger partial charge in [0.25, 0.3) is 0 Å². The molecule has 1 aromatic heterocycles. The lowest BCUT2D eigenvalue weighted by molar-refractivity contribution is 0.183. The third-order valence-corrected chi connectivity index (χ3v) is 5.19. The van der Waals surface area contributed by atoms with Crippen LogP contribution in [0.2, 0.25) is 0 Å². The Kier molecular flexibility index (Phi) is 4.86. The molecule has 1 fully saturated rings. The summed E-state index contributed by atoms with van der Waals surface area (Å²) in [5.41, 5.74) is 2.38. The average Bonchev–Trinajstić information content (AvgIpc) is 3.09. The van der Waals surface area contributed by atoms with Gasteiger partial charge in [-0.3, -0.25) is 4.90 Å². The van der Waals surface area contributed by atoms with Gasteiger partial charge in [0, 0.05) is 18.0 Å². The molecule has 0 saturated carbocycles. The standard InChI is InChI=1S/C22H26N2O/c1-17(22-15-19-9-5-6-10-21(19)25-22)23-20-11-13-24(14-12-20)16-18-7-3-2-4-8-18/h2-10,15,17,20,23H,11-14,16H2,1H3/t17-/m0/s1. The zero-order valence-corrected chi connectivity index (χ0v) is 14.8. The molecule has 0 amide bonds. The van der Waals surface area contributed by atoms with Gasteiger partial charge in [0.05, 0.1) is 6.04 Å². The number of nitrogens with zero attached hydrogens (tertiary/aromatic N) is 1. The van der Waals surface area contributed by atoms with E-state index in [2.05, 4.69) is 65.7 Å². The summed E-state index contributed by atoms with van der Waals surface area (Å²) in [5, 5.41) is 4.94. The quantitative estimate of drug-likeness (QED) is 0.730. The van der Waals surface area contributed by atoms with Gasteiger partial charge >= 0.3 is 0 Å². The van der Waals surface area contributed by atoms with E-state index in [9.17, 15) is 0 Å². The van der Waals surface area contributed by atoms with Crippen molar-refractivity contribution in [2.24, 2.45) is 0 Å². The number of fused-ring (bicyclic) bond motifs is 1. The van der Waals surface area contributed by atoms with Crippen molar-refractivity contribution in [3.8, 4) is 0 Å². The highest BCUT2D eigenvalue weighted by atomic mass is 16.3. The smallest absolute Gasteiger partial charge is 0.134 e. The second-order valence-corrected chi connectivity index (χ2v) is 7.11. The molecule has 130 valence electrons. The molecule has 0 spiro atoms. The molecule has 3 aromatic rings. The summed E-state index contributed by atoms with van der Waals surface area (Å²) in [7, 11) is 0. The lowest BCUT2D eigenvalue weighted by Crippen LogP contribution is -2.42. The SMILES string of the molecule is C[C@H](NC1CCN(Cc2ccccc2)CC1)c1cc2ccccc2o1. The van der Waals surface area contributed by atoms with E-state index in [1.165, 1.54) is 23.8 Å². The fourth-order valence-corrected chi connectivity index (χ4v) is 3.75. The number of hydrogen-bond donors (Lipinski definition) is 1. The summed E-state index contributed by atoms with van der Waals surface area (Å²) < 4.78 is 6.00. The Morgan fingerprint density at radius 2 is 1.76 bits per heavy atom. The van der Waals surface area contributed by atoms with Crippen molar-refractivity contribution < 1.29 is 4.42 Å². The van der Waals surface area contributed by atoms with Gasteiger partial charge in [-0.2, -0.15) is 0 Å². The van der Waals surface area contributed by atoms with Crippen molar-refractivity contribution in [1.82, 2.24) is 10.2 Å². The topological polar surface area (TPSA) is 28.4 Å². The van der Waals surface area contributed by atoms with Crippen molar-refractivity contribution in [1.29, 1.82) is 0 Å². The summed E-state index contributed by atoms with van der Waals surface area (Å²) in [6.45, 7) is 5.57. The van der Waals surface area contributed by atoms with Gasteiger partial charge in [0.2, 0.25) is 0 Å². The van der Waals surface area contributed by atoms with E-state index in [0.717, 1.165) is 31.0 Å². The minimum Gasteiger partial charge on any atom is -0.459 e. The van der Waals surface area contributed by atoms with Crippen LogP contribution in [0.4, 0.5) is 0 Å². The van der Waals surface area contributed by atoms with E-state index >= 15 is 0 Å². The highest BCUT2D eigenvalue weighted by Crippen LogP contribution is 2.25. The number of hydrogen-bond acceptors (Lipinski definition) is 3. The zero-order valence-electron chi connectivity index (χ0n) is 14.8. The molecule has 0 bridgehead atoms. The van der Waals surface area contributed by atoms with Crippen LogP contribution in [0.1, 0.15) is 37.1 Å². The molecule has 1 saturated heterocycles. The summed E-state index contributed by atoms with van der Waals surface area (Å²) in [6.07, 6.45) is 2.38. The first-order valence-electron chi connectivity index (χ1n) is 9.29. The van der Waals surface area contributed by atoms with E-state index in [0.29, 0.717) is 6.04 Å². The number of benzene rings is 2. The van der Waals surface area contributed by atoms with E-state index in [-0.39, 0.29) is 6.04 Å². The van der Waals surface area contributed by atoms with Crippen LogP contribution in [-0.4, -0.2) is 24.0 Å². The first-order valence-corrected chi connectivity index (χ1v) is 9.29. The Labute approximate surface area is 149 Å². The largest absolute Gasteiger partial charge is 0.459 e. The minimum atomic E-state index is 0.248. The van der Waals surface area contributed by atoms with Crippen LogP contribution in [0, 0.1) is 0 Å². The lowest BCUT2D eigenvalue weighted by Gasteiger charge is -2.33. The number of nitrogens with one attached hydrogen (secondary N) is 1. The van der Waals surface area contributed by atoms with Gasteiger partial charge < -0.3 is 9.73 Å². The Morgan fingerprint density at radius 3 is 2.52 bits per heavy atom. The molecule has 3 nitrogen and oxygen atoms in total. The number of likely N-dealkylation sites (tertiary alicyclic amines) is 1. The Balaban J connectivity index is 1.30. The summed E-state index contributed by atoms with van der Waals surface area (Å²) in [5.74, 6) is 1.04. The monoisotopic (exact) mass is 334 g/mol. The van der Waals surface area contributed by atoms with E-state index < -0.39 is 0 Å². The van der Waals surface area contributed by atoms with Gasteiger partial charge in [-0.1, -0.05) is 48.5 Å². The highest BCUT2D eigenvalue weighted by Gasteiger charge is 2.22. The minimum absolute atomic E-state index is 0.248. The van der Waals surface area contributed by atoms with Crippen molar-refractivity contribution >= 4 is 11.0 Å². The maximum atomic E-state index is 6.00. The number of rotatable bonds is 5. The van der Waals surface area contributed by atoms with E-state index in [1.54, 1.807) is 0 Å². The first kappa shape index (κ1) is 16.4. The van der Waals surface area contributed by atoms with Gasteiger partial charge in [0.15, 0.2) is 0 Å². The summed E-state index contributed by atoms with van der Waals surface area (Å²) >= 11 is 0. The second kappa shape index (κ2) is 7.42. The zero-order chi connectivity index (χ0) is 17.1. The van der Waals surface area contributed by atoms with Crippen molar-refractivity contribution in [2.75, 3.05) is 13.1 Å². The molecular weight excluding hydrogens is 308 g/mol. The molecule has 0 unspecified atom stereocenters. The Morgan fingerprint density at radius 1 is 1.04 bits per heavy atom. The normalized spacial score (nSPS) is 17.8. The molecule has 4 rings (SSSR count). The number of para-hydroxylation sites is 1. The summed E-state index contributed by atoms with van der Waals surface area (Å²) in [6, 6.07) is 22.0. The summed E-state index contributed by atoms with van der Waals surface area (Å²) in [4.78, 5) is 2.55. The van der Waals surface area contributed by atoms with Crippen molar-refractivity contribution in [3.63, 3.8) is 0 Å². The molecule has 0 radical (unpaired) electrons. The predicted molar refractivity (Wildman–Crippen MR) is 103 cm³/mol. The van der Waals surface area contributed by atoms with E-state index in [1.807, 2.05) is 12.1 Å². The van der Waals surface area contributed by atoms with Gasteiger partial charge in [-0.15, -0.1) is 0 Å². The van der Waals surface area contributed by atoms with Crippen molar-refractivity contribution in [3.05, 3.63) is 72.0 Å². The second-order valence-electron chi connectivity index (χ2n) is 7.11. The lowest BCUT2D eigenvalue weighted by atomic mass is 10.0. The molecule has 25 heavy (non-hydrogen) atoms. The van der Waals surface area contributed by atoms with Gasteiger partial charge in [0.1, 0.15) is 11.3 Å². The average molecular weight is 334 g/mol. The molecule has 2 heterocycles. The molecular formula is C22H26N2O. The van der Waals surface area contributed by atoms with Gasteiger partial charge in [-0.05, 0) is 50.6 Å². The van der Waals surface area contributed by atoms with Crippen LogP contribution in [0.25, 0.3) is 11.0 Å². The van der Waals surface area contributed by atoms with Crippen LogP contribution in [0.5, 0.6) is 0 Å².